The summed E-state index contributed by atoms with van der Waals surface area (Å²) in [4.78, 5) is 25.1. The van der Waals surface area contributed by atoms with Gasteiger partial charge in [0.25, 0.3) is 0 Å². The predicted molar refractivity (Wildman–Crippen MR) is 58.5 cm³/mol. The van der Waals surface area contributed by atoms with E-state index in [1.54, 1.807) is 0 Å². The summed E-state index contributed by atoms with van der Waals surface area (Å²) in [5, 5.41) is 9.41. The molecule has 0 radical (unpaired) electrons. The van der Waals surface area contributed by atoms with Crippen LogP contribution in [0.2, 0.25) is 0 Å². The molecule has 4 nitrogen and oxygen atoms in total. The molecule has 16 heavy (non-hydrogen) atoms. The molecule has 2 fully saturated rings. The van der Waals surface area contributed by atoms with E-state index in [4.69, 9.17) is 0 Å². The Morgan fingerprint density at radius 2 is 1.56 bits per heavy atom. The fourth-order valence-corrected chi connectivity index (χ4v) is 2.73. The number of amides is 2. The van der Waals surface area contributed by atoms with E-state index in [-0.39, 0.29) is 29.9 Å². The lowest BCUT2D eigenvalue weighted by Gasteiger charge is -2.37. The van der Waals surface area contributed by atoms with Crippen molar-refractivity contribution in [3.63, 3.8) is 0 Å². The van der Waals surface area contributed by atoms with E-state index in [1.165, 1.54) is 4.90 Å². The summed E-state index contributed by atoms with van der Waals surface area (Å²) in [6.45, 7) is 1.94. The Kier molecular flexibility index (Phi) is 3.28. The van der Waals surface area contributed by atoms with Gasteiger partial charge in [-0.05, 0) is 31.6 Å². The zero-order chi connectivity index (χ0) is 11.7. The van der Waals surface area contributed by atoms with Crippen molar-refractivity contribution < 1.29 is 14.7 Å². The third-order valence-corrected chi connectivity index (χ3v) is 3.61. The molecule has 90 valence electrons. The molecule has 0 unspecified atom stereocenters. The third kappa shape index (κ3) is 2.26. The van der Waals surface area contributed by atoms with Crippen molar-refractivity contribution in [2.75, 3.05) is 0 Å². The van der Waals surface area contributed by atoms with E-state index < -0.39 is 0 Å². The Bertz CT molecular complexity index is 277. The highest BCUT2D eigenvalue weighted by atomic mass is 16.3. The number of imide groups is 1. The highest BCUT2D eigenvalue weighted by Gasteiger charge is 2.36. The first-order valence-corrected chi connectivity index (χ1v) is 6.11. The number of carbonyl (C=O) groups excluding carboxylic acids is 2. The van der Waals surface area contributed by atoms with Gasteiger partial charge in [0.2, 0.25) is 11.8 Å². The molecule has 1 heterocycles. The Labute approximate surface area is 95.6 Å². The fourth-order valence-electron chi connectivity index (χ4n) is 2.73. The van der Waals surface area contributed by atoms with Crippen molar-refractivity contribution in [1.82, 2.24) is 4.90 Å². The van der Waals surface area contributed by atoms with Crippen molar-refractivity contribution in [1.29, 1.82) is 0 Å². The third-order valence-electron chi connectivity index (χ3n) is 3.61. The van der Waals surface area contributed by atoms with Gasteiger partial charge >= 0.3 is 0 Å². The maximum Gasteiger partial charge on any atom is 0.229 e. The van der Waals surface area contributed by atoms with Crippen molar-refractivity contribution in [2.45, 2.75) is 57.6 Å². The van der Waals surface area contributed by atoms with Crippen molar-refractivity contribution in [3.05, 3.63) is 0 Å². The van der Waals surface area contributed by atoms with Crippen LogP contribution in [0.3, 0.4) is 0 Å². The standard InChI is InChI=1S/C12H19NO3/c1-8-6-11(15)13(12(16)7-8)9-2-4-10(14)5-3-9/h8-10,14H,2-7H2,1H3. The van der Waals surface area contributed by atoms with Gasteiger partial charge in [0.05, 0.1) is 6.10 Å². The van der Waals surface area contributed by atoms with E-state index in [0.29, 0.717) is 25.7 Å². The molecule has 4 heteroatoms. The van der Waals surface area contributed by atoms with Crippen molar-refractivity contribution in [2.24, 2.45) is 5.92 Å². The van der Waals surface area contributed by atoms with Gasteiger partial charge in [0.1, 0.15) is 0 Å². The average molecular weight is 225 g/mol. The topological polar surface area (TPSA) is 57.6 Å². The molecular weight excluding hydrogens is 206 g/mol. The van der Waals surface area contributed by atoms with Crippen LogP contribution in [0.5, 0.6) is 0 Å². The molecule has 0 spiro atoms. The second kappa shape index (κ2) is 4.53. The number of hydrogen-bond acceptors (Lipinski definition) is 3. The monoisotopic (exact) mass is 225 g/mol. The summed E-state index contributed by atoms with van der Waals surface area (Å²) in [7, 11) is 0. The lowest BCUT2D eigenvalue weighted by Crippen LogP contribution is -2.50. The van der Waals surface area contributed by atoms with Crippen molar-refractivity contribution >= 4 is 11.8 Å². The number of aliphatic hydroxyl groups excluding tert-OH is 1. The summed E-state index contributed by atoms with van der Waals surface area (Å²) in [6.07, 6.45) is 3.66. The molecule has 0 aromatic heterocycles. The zero-order valence-corrected chi connectivity index (χ0v) is 9.69. The fraction of sp³-hybridized carbons (Fsp3) is 0.833. The van der Waals surface area contributed by atoms with Gasteiger partial charge in [-0.2, -0.15) is 0 Å². The summed E-state index contributed by atoms with van der Waals surface area (Å²) in [5.74, 6) is 0.140. The molecule has 0 atom stereocenters. The van der Waals surface area contributed by atoms with Crippen LogP contribution in [0.4, 0.5) is 0 Å². The molecule has 1 aliphatic heterocycles. The van der Waals surface area contributed by atoms with Gasteiger partial charge in [-0.25, -0.2) is 0 Å². The smallest absolute Gasteiger partial charge is 0.229 e. The van der Waals surface area contributed by atoms with Gasteiger partial charge in [-0.3, -0.25) is 14.5 Å². The van der Waals surface area contributed by atoms with Crippen LogP contribution in [0.25, 0.3) is 0 Å². The Balaban J connectivity index is 2.02. The van der Waals surface area contributed by atoms with Crippen LogP contribution in [0.1, 0.15) is 45.4 Å². The minimum Gasteiger partial charge on any atom is -0.393 e. The number of rotatable bonds is 1. The molecule has 0 bridgehead atoms. The predicted octanol–water partition coefficient (Wildman–Crippen LogP) is 1.08. The lowest BCUT2D eigenvalue weighted by atomic mass is 9.89. The van der Waals surface area contributed by atoms with E-state index in [1.807, 2.05) is 6.92 Å². The van der Waals surface area contributed by atoms with E-state index in [2.05, 4.69) is 0 Å². The van der Waals surface area contributed by atoms with Crippen LogP contribution in [-0.2, 0) is 9.59 Å². The molecule has 0 aromatic rings. The molecule has 0 aromatic carbocycles. The second-order valence-corrected chi connectivity index (χ2v) is 5.13. The van der Waals surface area contributed by atoms with Gasteiger partial charge in [0.15, 0.2) is 0 Å². The van der Waals surface area contributed by atoms with Gasteiger partial charge in [0, 0.05) is 18.9 Å². The molecule has 2 amide bonds. The van der Waals surface area contributed by atoms with E-state index in [0.717, 1.165) is 12.8 Å². The summed E-state index contributed by atoms with van der Waals surface area (Å²) < 4.78 is 0. The van der Waals surface area contributed by atoms with Crippen LogP contribution in [0.15, 0.2) is 0 Å². The van der Waals surface area contributed by atoms with E-state index in [9.17, 15) is 14.7 Å². The summed E-state index contributed by atoms with van der Waals surface area (Å²) in [5.41, 5.74) is 0. The summed E-state index contributed by atoms with van der Waals surface area (Å²) in [6, 6.07) is 0.0379. The second-order valence-electron chi connectivity index (χ2n) is 5.13. The first kappa shape index (κ1) is 11.6. The lowest BCUT2D eigenvalue weighted by molar-refractivity contribution is -0.154. The highest BCUT2D eigenvalue weighted by Crippen LogP contribution is 2.28. The van der Waals surface area contributed by atoms with E-state index >= 15 is 0 Å². The average Bonchev–Trinajstić information content (AvgIpc) is 2.19. The van der Waals surface area contributed by atoms with Crippen LogP contribution < -0.4 is 0 Å². The van der Waals surface area contributed by atoms with Gasteiger partial charge in [-0.1, -0.05) is 6.92 Å². The van der Waals surface area contributed by atoms with Crippen LogP contribution in [0, 0.1) is 5.92 Å². The molecule has 2 rings (SSSR count). The Morgan fingerprint density at radius 1 is 1.06 bits per heavy atom. The zero-order valence-electron chi connectivity index (χ0n) is 9.69. The minimum absolute atomic E-state index is 0.0230. The van der Waals surface area contributed by atoms with Crippen molar-refractivity contribution in [3.8, 4) is 0 Å². The molecule has 2 aliphatic rings. The van der Waals surface area contributed by atoms with Crippen LogP contribution >= 0.6 is 0 Å². The highest BCUT2D eigenvalue weighted by molar-refractivity contribution is 5.98. The molecular formula is C12H19NO3. The normalized spacial score (nSPS) is 33.2. The number of hydrogen-bond donors (Lipinski definition) is 1. The van der Waals surface area contributed by atoms with Gasteiger partial charge in [-0.15, -0.1) is 0 Å². The molecule has 1 saturated carbocycles. The number of likely N-dealkylation sites (tertiary alicyclic amines) is 1. The molecule has 1 aliphatic carbocycles. The maximum atomic E-state index is 11.8. The SMILES string of the molecule is CC1CC(=O)N(C2CCC(O)CC2)C(=O)C1. The largest absolute Gasteiger partial charge is 0.393 e. The molecule has 1 saturated heterocycles. The number of carbonyl (C=O) groups is 2. The first-order chi connectivity index (χ1) is 7.58. The number of aliphatic hydroxyl groups is 1. The quantitative estimate of drug-likeness (QED) is 0.679. The Hall–Kier alpha value is -0.900. The summed E-state index contributed by atoms with van der Waals surface area (Å²) >= 11 is 0. The number of nitrogens with zero attached hydrogens (tertiary/aromatic N) is 1. The first-order valence-electron chi connectivity index (χ1n) is 6.11. The van der Waals surface area contributed by atoms with Gasteiger partial charge < -0.3 is 5.11 Å². The Morgan fingerprint density at radius 3 is 2.06 bits per heavy atom. The molecule has 1 N–H and O–H groups in total. The number of piperidine rings is 1. The maximum absolute atomic E-state index is 11.8. The van der Waals surface area contributed by atoms with Crippen LogP contribution in [-0.4, -0.2) is 34.0 Å². The minimum atomic E-state index is -0.245.